The number of hydrogen-bond donors (Lipinski definition) is 1. The van der Waals surface area contributed by atoms with E-state index in [9.17, 15) is 5.11 Å². The van der Waals surface area contributed by atoms with Crippen LogP contribution in [-0.2, 0) is 12.0 Å². The summed E-state index contributed by atoms with van der Waals surface area (Å²) < 4.78 is 0. The lowest BCUT2D eigenvalue weighted by Crippen LogP contribution is -2.55. The largest absolute Gasteiger partial charge is 0.385 e. The maximum absolute atomic E-state index is 11.8. The van der Waals surface area contributed by atoms with Gasteiger partial charge in [0.05, 0.1) is 5.60 Å². The van der Waals surface area contributed by atoms with Crippen molar-refractivity contribution in [2.75, 3.05) is 19.6 Å². The Morgan fingerprint density at radius 1 is 1.08 bits per heavy atom. The van der Waals surface area contributed by atoms with Crippen molar-refractivity contribution in [3.05, 3.63) is 66.0 Å². The number of aryl methyl sites for hydroxylation is 1. The van der Waals surface area contributed by atoms with Gasteiger partial charge in [0.2, 0.25) is 0 Å². The van der Waals surface area contributed by atoms with Crippen molar-refractivity contribution in [3.8, 4) is 0 Å². The van der Waals surface area contributed by atoms with Crippen molar-refractivity contribution in [1.29, 1.82) is 0 Å². The molecule has 1 aromatic heterocycles. The van der Waals surface area contributed by atoms with Crippen LogP contribution in [0.3, 0.4) is 0 Å². The number of pyridine rings is 1. The highest BCUT2D eigenvalue weighted by atomic mass is 16.3. The second kappa shape index (κ2) is 6.66. The molecule has 0 aliphatic carbocycles. The van der Waals surface area contributed by atoms with E-state index in [-0.39, 0.29) is 0 Å². The van der Waals surface area contributed by atoms with Gasteiger partial charge in [-0.1, -0.05) is 36.4 Å². The number of aromatic nitrogens is 1. The van der Waals surface area contributed by atoms with E-state index in [1.165, 1.54) is 31.5 Å². The molecule has 0 spiro atoms. The van der Waals surface area contributed by atoms with E-state index >= 15 is 0 Å². The quantitative estimate of drug-likeness (QED) is 0.918. The van der Waals surface area contributed by atoms with Gasteiger partial charge in [0.1, 0.15) is 0 Å². The summed E-state index contributed by atoms with van der Waals surface area (Å²) in [6.07, 6.45) is 7.81. The van der Waals surface area contributed by atoms with Gasteiger partial charge in [-0.15, -0.1) is 0 Å². The van der Waals surface area contributed by atoms with Gasteiger partial charge in [-0.25, -0.2) is 0 Å². The molecule has 3 fully saturated rings. The van der Waals surface area contributed by atoms with Crippen molar-refractivity contribution in [1.82, 2.24) is 9.88 Å². The monoisotopic (exact) mass is 322 g/mol. The molecule has 3 saturated heterocycles. The molecule has 3 nitrogen and oxygen atoms in total. The first-order valence-electron chi connectivity index (χ1n) is 9.15. The second-order valence-electron chi connectivity index (χ2n) is 7.40. The third-order valence-electron chi connectivity index (χ3n) is 6.06. The first-order chi connectivity index (χ1) is 11.8. The van der Waals surface area contributed by atoms with E-state index in [0.29, 0.717) is 11.8 Å². The average molecular weight is 322 g/mol. The highest BCUT2D eigenvalue weighted by Crippen LogP contribution is 2.45. The minimum absolute atomic E-state index is 0.332. The molecule has 2 aromatic rings. The minimum Gasteiger partial charge on any atom is -0.385 e. The highest BCUT2D eigenvalue weighted by Gasteiger charge is 2.47. The van der Waals surface area contributed by atoms with E-state index in [4.69, 9.17) is 0 Å². The smallest absolute Gasteiger partial charge is 0.0942 e. The molecule has 3 aliphatic heterocycles. The lowest BCUT2D eigenvalue weighted by molar-refractivity contribution is -0.106. The molecular formula is C21H26N2O. The van der Waals surface area contributed by atoms with Crippen molar-refractivity contribution in [2.45, 2.75) is 31.3 Å². The molecule has 0 amide bonds. The maximum Gasteiger partial charge on any atom is 0.0942 e. The fourth-order valence-electron chi connectivity index (χ4n) is 4.66. The summed E-state index contributed by atoms with van der Waals surface area (Å²) in [5.41, 5.74) is 1.53. The number of nitrogens with zero attached hydrogens (tertiary/aromatic N) is 2. The summed E-state index contributed by atoms with van der Waals surface area (Å²) in [5.74, 6) is 0.980. The van der Waals surface area contributed by atoms with Gasteiger partial charge >= 0.3 is 0 Å². The van der Waals surface area contributed by atoms with Crippen LogP contribution in [0.2, 0.25) is 0 Å². The Balaban J connectivity index is 1.62. The van der Waals surface area contributed by atoms with Crippen molar-refractivity contribution in [3.63, 3.8) is 0 Å². The van der Waals surface area contributed by atoms with Crippen LogP contribution in [0.1, 0.15) is 30.4 Å². The predicted molar refractivity (Wildman–Crippen MR) is 95.6 cm³/mol. The molecule has 126 valence electrons. The standard InChI is InChI=1S/C21H26N2O/c24-21(19-6-2-1-3-7-19,11-8-17-5-4-12-22-15-17)20-16-23-13-9-18(20)10-14-23/h1-7,12,15,18,20,24H,8-11,13-14,16H2. The number of piperidine rings is 3. The van der Waals surface area contributed by atoms with Crippen LogP contribution in [0.15, 0.2) is 54.9 Å². The topological polar surface area (TPSA) is 36.4 Å². The van der Waals surface area contributed by atoms with E-state index < -0.39 is 5.60 Å². The summed E-state index contributed by atoms with van der Waals surface area (Å²) in [6.45, 7) is 3.44. The minimum atomic E-state index is -0.749. The molecule has 0 saturated carbocycles. The molecule has 3 aliphatic rings. The van der Waals surface area contributed by atoms with Gasteiger partial charge in [-0.05, 0) is 61.9 Å². The Kier molecular flexibility index (Phi) is 4.38. The van der Waals surface area contributed by atoms with Crippen LogP contribution in [0.5, 0.6) is 0 Å². The zero-order chi connectivity index (χ0) is 16.4. The van der Waals surface area contributed by atoms with E-state index in [1.54, 1.807) is 6.20 Å². The summed E-state index contributed by atoms with van der Waals surface area (Å²) in [4.78, 5) is 6.75. The first-order valence-corrected chi connectivity index (χ1v) is 9.15. The van der Waals surface area contributed by atoms with Gasteiger partial charge in [0.15, 0.2) is 0 Å². The van der Waals surface area contributed by atoms with Crippen LogP contribution in [0.25, 0.3) is 0 Å². The van der Waals surface area contributed by atoms with Gasteiger partial charge in [-0.2, -0.15) is 0 Å². The first kappa shape index (κ1) is 15.8. The van der Waals surface area contributed by atoms with Crippen molar-refractivity contribution in [2.24, 2.45) is 11.8 Å². The van der Waals surface area contributed by atoms with Gasteiger partial charge in [-0.3, -0.25) is 4.98 Å². The Morgan fingerprint density at radius 2 is 1.88 bits per heavy atom. The molecule has 3 heteroatoms. The fourth-order valence-corrected chi connectivity index (χ4v) is 4.66. The lowest BCUT2D eigenvalue weighted by Gasteiger charge is -2.51. The fraction of sp³-hybridized carbons (Fsp3) is 0.476. The SMILES string of the molecule is OC(CCc1cccnc1)(c1ccccc1)C1CN2CCC1CC2. The molecule has 2 bridgehead atoms. The zero-order valence-corrected chi connectivity index (χ0v) is 14.1. The van der Waals surface area contributed by atoms with E-state index in [2.05, 4.69) is 28.1 Å². The van der Waals surface area contributed by atoms with Crippen LogP contribution in [0, 0.1) is 11.8 Å². The molecule has 2 atom stereocenters. The molecule has 2 unspecified atom stereocenters. The Labute approximate surface area is 144 Å². The predicted octanol–water partition coefficient (Wildman–Crippen LogP) is 3.24. The number of rotatable bonds is 5. The summed E-state index contributed by atoms with van der Waals surface area (Å²) in [5, 5.41) is 11.8. The second-order valence-corrected chi connectivity index (χ2v) is 7.40. The third kappa shape index (κ3) is 2.99. The number of benzene rings is 1. The molecule has 1 N–H and O–H groups in total. The Bertz CT molecular complexity index is 652. The van der Waals surface area contributed by atoms with E-state index in [1.807, 2.05) is 30.5 Å². The van der Waals surface area contributed by atoms with Gasteiger partial charge in [0, 0.05) is 24.9 Å². The van der Waals surface area contributed by atoms with Crippen LogP contribution >= 0.6 is 0 Å². The van der Waals surface area contributed by atoms with Crippen molar-refractivity contribution < 1.29 is 5.11 Å². The Morgan fingerprint density at radius 3 is 2.50 bits per heavy atom. The molecule has 0 radical (unpaired) electrons. The third-order valence-corrected chi connectivity index (χ3v) is 6.06. The average Bonchev–Trinajstić information content (AvgIpc) is 2.68. The lowest BCUT2D eigenvalue weighted by atomic mass is 9.66. The number of fused-ring (bicyclic) bond motifs is 3. The van der Waals surface area contributed by atoms with Crippen molar-refractivity contribution >= 4 is 0 Å². The molecule has 4 heterocycles. The van der Waals surface area contributed by atoms with Gasteiger partial charge < -0.3 is 10.0 Å². The van der Waals surface area contributed by atoms with Crippen LogP contribution < -0.4 is 0 Å². The molecule has 5 rings (SSSR count). The molecule has 1 aromatic carbocycles. The maximum atomic E-state index is 11.8. The van der Waals surface area contributed by atoms with E-state index in [0.717, 1.165) is 24.9 Å². The summed E-state index contributed by atoms with van der Waals surface area (Å²) in [7, 11) is 0. The summed E-state index contributed by atoms with van der Waals surface area (Å²) >= 11 is 0. The zero-order valence-electron chi connectivity index (χ0n) is 14.1. The summed E-state index contributed by atoms with van der Waals surface area (Å²) in [6, 6.07) is 14.4. The van der Waals surface area contributed by atoms with Crippen LogP contribution in [0.4, 0.5) is 0 Å². The normalized spacial score (nSPS) is 28.5. The highest BCUT2D eigenvalue weighted by molar-refractivity contribution is 5.25. The molecule has 24 heavy (non-hydrogen) atoms. The molecular weight excluding hydrogens is 296 g/mol. The number of hydrogen-bond acceptors (Lipinski definition) is 3. The van der Waals surface area contributed by atoms with Crippen LogP contribution in [-0.4, -0.2) is 34.6 Å². The van der Waals surface area contributed by atoms with Gasteiger partial charge in [0.25, 0.3) is 0 Å². The number of aliphatic hydroxyl groups is 1. The Hall–Kier alpha value is -1.71.